The summed E-state index contributed by atoms with van der Waals surface area (Å²) < 4.78 is 0. The number of nitrogens with one attached hydrogen (secondary N) is 3. The van der Waals surface area contributed by atoms with Gasteiger partial charge in [-0.25, -0.2) is 0 Å². The second-order valence-corrected chi connectivity index (χ2v) is 10.0. The number of rotatable bonds is 2. The first-order valence-electron chi connectivity index (χ1n) is 8.83. The van der Waals surface area contributed by atoms with Gasteiger partial charge in [0, 0.05) is 34.1 Å². The molecule has 4 rings (SSSR count). The van der Waals surface area contributed by atoms with Crippen LogP contribution in [-0.4, -0.2) is 40.2 Å². The summed E-state index contributed by atoms with van der Waals surface area (Å²) in [4.78, 5) is 0.722. The average Bonchev–Trinajstić information content (AvgIpc) is 2.87. The Labute approximate surface area is 141 Å². The Morgan fingerprint density at radius 2 is 1.90 bits per heavy atom. The van der Waals surface area contributed by atoms with E-state index in [1.807, 2.05) is 0 Å². The van der Waals surface area contributed by atoms with Gasteiger partial charge in [-0.3, -0.25) is 10.6 Å². The van der Waals surface area contributed by atoms with Gasteiger partial charge in [0.25, 0.3) is 0 Å². The van der Waals surface area contributed by atoms with Crippen molar-refractivity contribution in [2.75, 3.05) is 6.67 Å². The van der Waals surface area contributed by atoms with Crippen LogP contribution in [0.3, 0.4) is 0 Å². The highest BCUT2D eigenvalue weighted by Gasteiger charge is 2.49. The van der Waals surface area contributed by atoms with Crippen LogP contribution in [0.15, 0.2) is 0 Å². The number of halogens is 1. The second kappa shape index (κ2) is 6.68. The van der Waals surface area contributed by atoms with E-state index in [2.05, 4.69) is 43.6 Å². The monoisotopic (exact) mass is 373 g/mol. The maximum absolute atomic E-state index is 3.97. The Balaban J connectivity index is 1.41. The minimum absolute atomic E-state index is 0.509. The number of fused-ring (bicyclic) bond motifs is 3. The molecule has 0 aromatic rings. The van der Waals surface area contributed by atoms with Crippen molar-refractivity contribution in [3.63, 3.8) is 0 Å². The molecule has 3 N–H and O–H groups in total. The van der Waals surface area contributed by atoms with Gasteiger partial charge in [0.05, 0.1) is 6.17 Å². The summed E-state index contributed by atoms with van der Waals surface area (Å²) in [6, 6.07) is 1.44. The van der Waals surface area contributed by atoms with Crippen LogP contribution in [0.5, 0.6) is 0 Å². The summed E-state index contributed by atoms with van der Waals surface area (Å²) in [6.45, 7) is 0.979. The summed E-state index contributed by atoms with van der Waals surface area (Å²) in [6.07, 6.45) is 11.7. The third-order valence-electron chi connectivity index (χ3n) is 5.91. The minimum atomic E-state index is 0.509. The lowest BCUT2D eigenvalue weighted by Gasteiger charge is -2.40. The van der Waals surface area contributed by atoms with Crippen molar-refractivity contribution in [3.05, 3.63) is 0 Å². The lowest BCUT2D eigenvalue weighted by molar-refractivity contribution is 0.204. The molecule has 2 saturated heterocycles. The zero-order valence-corrected chi connectivity index (χ0v) is 15.1. The maximum Gasteiger partial charge on any atom is 0.0721 e. The van der Waals surface area contributed by atoms with Gasteiger partial charge >= 0.3 is 0 Å². The van der Waals surface area contributed by atoms with E-state index in [1.165, 1.54) is 51.4 Å². The molecule has 2 saturated carbocycles. The first kappa shape index (κ1) is 15.3. The summed E-state index contributed by atoms with van der Waals surface area (Å²) in [5.74, 6) is 0.926. The molecule has 7 unspecified atom stereocenters. The molecule has 3 nitrogen and oxygen atoms in total. The molecule has 7 atom stereocenters. The van der Waals surface area contributed by atoms with Crippen molar-refractivity contribution in [2.24, 2.45) is 5.92 Å². The Morgan fingerprint density at radius 1 is 1.00 bits per heavy atom. The van der Waals surface area contributed by atoms with E-state index < -0.39 is 0 Å². The van der Waals surface area contributed by atoms with Crippen molar-refractivity contribution in [3.8, 4) is 0 Å². The average molecular weight is 374 g/mol. The molecule has 5 heteroatoms. The van der Waals surface area contributed by atoms with E-state index in [0.29, 0.717) is 12.2 Å². The van der Waals surface area contributed by atoms with Crippen molar-refractivity contribution in [1.29, 1.82) is 0 Å². The molecule has 0 spiro atoms. The predicted octanol–water partition coefficient (Wildman–Crippen LogP) is 2.80. The maximum atomic E-state index is 3.97. The van der Waals surface area contributed by atoms with Crippen LogP contribution in [-0.2, 0) is 0 Å². The van der Waals surface area contributed by atoms with E-state index in [1.54, 1.807) is 0 Å². The van der Waals surface area contributed by atoms with Gasteiger partial charge in [0.2, 0.25) is 0 Å². The summed E-state index contributed by atoms with van der Waals surface area (Å²) in [7, 11) is 0. The van der Waals surface area contributed by atoms with Crippen LogP contribution in [0.2, 0.25) is 0 Å². The van der Waals surface area contributed by atoms with Gasteiger partial charge in [-0.2, -0.15) is 11.8 Å². The molecule has 0 bridgehead atoms. The van der Waals surface area contributed by atoms with Crippen LogP contribution in [0.1, 0.15) is 51.4 Å². The van der Waals surface area contributed by atoms with E-state index in [-0.39, 0.29) is 0 Å². The van der Waals surface area contributed by atoms with Crippen molar-refractivity contribution < 1.29 is 0 Å². The molecule has 2 aliphatic carbocycles. The zero-order valence-electron chi connectivity index (χ0n) is 12.7. The Hall–Kier alpha value is 0.710. The van der Waals surface area contributed by atoms with E-state index >= 15 is 0 Å². The number of thioether (sulfide) groups is 1. The molecule has 2 heterocycles. The molecular weight excluding hydrogens is 346 g/mol. The zero-order chi connectivity index (χ0) is 14.2. The number of alkyl halides is 1. The Bertz CT molecular complexity index is 369. The topological polar surface area (TPSA) is 36.1 Å². The fourth-order valence-electron chi connectivity index (χ4n) is 4.88. The SMILES string of the molecule is BrC1CCCC(NC2NCNC3C4CCCCC4SC23)C1. The van der Waals surface area contributed by atoms with Gasteiger partial charge in [0.1, 0.15) is 0 Å². The normalized spacial score (nSPS) is 50.4. The highest BCUT2D eigenvalue weighted by Crippen LogP contribution is 2.47. The molecule has 120 valence electrons. The fraction of sp³-hybridized carbons (Fsp3) is 1.00. The second-order valence-electron chi connectivity index (χ2n) is 7.30. The summed E-state index contributed by atoms with van der Waals surface area (Å²) >= 11 is 6.10. The van der Waals surface area contributed by atoms with Crippen LogP contribution in [0.4, 0.5) is 0 Å². The standard InChI is InChI=1S/C16H28BrN3S/c17-10-4-3-5-11(8-10)20-16-15-14(18-9-19-16)12-6-1-2-7-13(12)21-15/h10-16,18-20H,1-9H2. The highest BCUT2D eigenvalue weighted by atomic mass is 79.9. The van der Waals surface area contributed by atoms with Gasteiger partial charge in [0.15, 0.2) is 0 Å². The molecule has 0 aromatic heterocycles. The van der Waals surface area contributed by atoms with Crippen molar-refractivity contribution in [2.45, 2.75) is 84.9 Å². The molecule has 0 aromatic carbocycles. The van der Waals surface area contributed by atoms with Gasteiger partial charge in [-0.1, -0.05) is 35.2 Å². The molecule has 4 fully saturated rings. The number of hydrogen-bond acceptors (Lipinski definition) is 4. The Morgan fingerprint density at radius 3 is 2.81 bits per heavy atom. The minimum Gasteiger partial charge on any atom is -0.300 e. The third kappa shape index (κ3) is 3.18. The predicted molar refractivity (Wildman–Crippen MR) is 93.9 cm³/mol. The molecule has 21 heavy (non-hydrogen) atoms. The first-order chi connectivity index (χ1) is 10.3. The van der Waals surface area contributed by atoms with E-state index in [0.717, 1.165) is 34.0 Å². The number of hydrogen-bond donors (Lipinski definition) is 3. The molecule has 0 radical (unpaired) electrons. The summed E-state index contributed by atoms with van der Waals surface area (Å²) in [5.41, 5.74) is 0. The van der Waals surface area contributed by atoms with Gasteiger partial charge < -0.3 is 5.32 Å². The smallest absolute Gasteiger partial charge is 0.0721 e. The fourth-order valence-corrected chi connectivity index (χ4v) is 7.67. The lowest BCUT2D eigenvalue weighted by Crippen LogP contribution is -2.65. The molecule has 4 aliphatic rings. The van der Waals surface area contributed by atoms with Crippen LogP contribution in [0, 0.1) is 5.92 Å². The molecule has 0 amide bonds. The molecule has 2 aliphatic heterocycles. The van der Waals surface area contributed by atoms with Crippen molar-refractivity contribution >= 4 is 27.7 Å². The third-order valence-corrected chi connectivity index (χ3v) is 8.56. The van der Waals surface area contributed by atoms with Gasteiger partial charge in [-0.15, -0.1) is 0 Å². The largest absolute Gasteiger partial charge is 0.300 e. The highest BCUT2D eigenvalue weighted by molar-refractivity contribution is 9.09. The van der Waals surface area contributed by atoms with E-state index in [9.17, 15) is 0 Å². The Kier molecular flexibility index (Phi) is 4.85. The lowest BCUT2D eigenvalue weighted by atomic mass is 9.81. The molecular formula is C16H28BrN3S. The van der Waals surface area contributed by atoms with Gasteiger partial charge in [-0.05, 0) is 38.0 Å². The van der Waals surface area contributed by atoms with E-state index in [4.69, 9.17) is 0 Å². The van der Waals surface area contributed by atoms with Crippen LogP contribution in [0.25, 0.3) is 0 Å². The van der Waals surface area contributed by atoms with Crippen molar-refractivity contribution in [1.82, 2.24) is 16.0 Å². The van der Waals surface area contributed by atoms with Crippen LogP contribution >= 0.6 is 27.7 Å². The first-order valence-corrected chi connectivity index (χ1v) is 10.7. The quantitative estimate of drug-likeness (QED) is 0.650. The van der Waals surface area contributed by atoms with Crippen LogP contribution < -0.4 is 16.0 Å². The summed E-state index contributed by atoms with van der Waals surface area (Å²) in [5, 5.41) is 13.1.